The average molecular weight is 252 g/mol. The molecule has 3 rings (SSSR count). The highest BCUT2D eigenvalue weighted by molar-refractivity contribution is 6.30. The minimum absolute atomic E-state index is 0.0110. The number of aromatic amines is 1. The first-order valence-electron chi connectivity index (χ1n) is 5.46. The molecule has 17 heavy (non-hydrogen) atoms. The Morgan fingerprint density at radius 2 is 2.29 bits per heavy atom. The first-order valence-corrected chi connectivity index (χ1v) is 5.84. The lowest BCUT2D eigenvalue weighted by molar-refractivity contribution is 0.551. The molecule has 0 saturated carbocycles. The van der Waals surface area contributed by atoms with E-state index in [4.69, 9.17) is 11.6 Å². The molecule has 0 saturated heterocycles. The normalized spacial score (nSPS) is 19.1. The highest BCUT2D eigenvalue weighted by atomic mass is 35.5. The Hall–Kier alpha value is -1.39. The minimum atomic E-state index is -0.395. The maximum atomic E-state index is 13.1. The van der Waals surface area contributed by atoms with Crippen molar-refractivity contribution in [2.45, 2.75) is 12.5 Å². The summed E-state index contributed by atoms with van der Waals surface area (Å²) in [4.78, 5) is 7.44. The van der Waals surface area contributed by atoms with Gasteiger partial charge >= 0.3 is 0 Å². The van der Waals surface area contributed by atoms with E-state index in [1.54, 1.807) is 18.5 Å². The molecule has 2 aromatic rings. The number of nitrogens with zero attached hydrogens (tertiary/aromatic N) is 1. The van der Waals surface area contributed by atoms with Crippen LogP contribution in [0.4, 0.5) is 4.39 Å². The number of benzene rings is 1. The van der Waals surface area contributed by atoms with Crippen LogP contribution in [0.15, 0.2) is 24.5 Å². The van der Waals surface area contributed by atoms with Crippen LogP contribution in [-0.2, 0) is 6.42 Å². The fraction of sp³-hybridized carbons (Fsp3) is 0.250. The number of imidazole rings is 1. The van der Waals surface area contributed by atoms with Gasteiger partial charge in [0.05, 0.1) is 23.1 Å². The molecule has 0 unspecified atom stereocenters. The van der Waals surface area contributed by atoms with E-state index in [9.17, 15) is 4.39 Å². The zero-order chi connectivity index (χ0) is 11.8. The van der Waals surface area contributed by atoms with Crippen molar-refractivity contribution in [3.8, 4) is 0 Å². The van der Waals surface area contributed by atoms with E-state index >= 15 is 0 Å². The van der Waals surface area contributed by atoms with Crippen molar-refractivity contribution in [2.75, 3.05) is 6.54 Å². The number of hydrogen-bond acceptors (Lipinski definition) is 2. The molecule has 0 radical (unpaired) electrons. The molecule has 1 atom stereocenters. The Balaban J connectivity index is 2.03. The fourth-order valence-corrected chi connectivity index (χ4v) is 2.38. The molecule has 1 aromatic carbocycles. The van der Waals surface area contributed by atoms with Gasteiger partial charge in [-0.2, -0.15) is 0 Å². The Bertz CT molecular complexity index is 552. The van der Waals surface area contributed by atoms with Crippen molar-refractivity contribution in [3.63, 3.8) is 0 Å². The molecule has 2 heterocycles. The molecule has 0 amide bonds. The van der Waals surface area contributed by atoms with Crippen LogP contribution in [0.25, 0.3) is 0 Å². The summed E-state index contributed by atoms with van der Waals surface area (Å²) in [5.74, 6) is -0.395. The third-order valence-electron chi connectivity index (χ3n) is 3.03. The lowest BCUT2D eigenvalue weighted by atomic mass is 9.98. The lowest BCUT2D eigenvalue weighted by Gasteiger charge is -2.23. The van der Waals surface area contributed by atoms with Crippen molar-refractivity contribution < 1.29 is 4.39 Å². The molecule has 0 aliphatic carbocycles. The second kappa shape index (κ2) is 4.13. The standard InChI is InChI=1S/C12H11ClFN3/c13-8-5-7(1-2-9(8)14)11-12-10(3-4-15-11)16-6-17-12/h1-2,5-6,11,15H,3-4H2,(H,16,17)/t11-/m0/s1. The summed E-state index contributed by atoms with van der Waals surface area (Å²) in [5, 5.41) is 3.51. The number of H-pyrrole nitrogens is 1. The van der Waals surface area contributed by atoms with Crippen molar-refractivity contribution in [1.82, 2.24) is 15.3 Å². The number of aromatic nitrogens is 2. The van der Waals surface area contributed by atoms with E-state index in [0.29, 0.717) is 0 Å². The van der Waals surface area contributed by atoms with E-state index in [1.165, 1.54) is 6.07 Å². The van der Waals surface area contributed by atoms with Crippen LogP contribution in [-0.4, -0.2) is 16.5 Å². The van der Waals surface area contributed by atoms with Gasteiger partial charge in [0.2, 0.25) is 0 Å². The lowest BCUT2D eigenvalue weighted by Crippen LogP contribution is -2.30. The predicted octanol–water partition coefficient (Wildman–Crippen LogP) is 2.44. The van der Waals surface area contributed by atoms with E-state index < -0.39 is 5.82 Å². The van der Waals surface area contributed by atoms with Crippen LogP contribution in [0.5, 0.6) is 0 Å². The summed E-state index contributed by atoms with van der Waals surface area (Å²) in [5.41, 5.74) is 3.04. The first kappa shape index (κ1) is 10.7. The van der Waals surface area contributed by atoms with Gasteiger partial charge in [-0.3, -0.25) is 0 Å². The zero-order valence-electron chi connectivity index (χ0n) is 9.00. The second-order valence-electron chi connectivity index (χ2n) is 4.08. The molecule has 0 fully saturated rings. The van der Waals surface area contributed by atoms with Gasteiger partial charge < -0.3 is 10.3 Å². The molecule has 88 valence electrons. The summed E-state index contributed by atoms with van der Waals surface area (Å²) in [7, 11) is 0. The topological polar surface area (TPSA) is 40.7 Å². The van der Waals surface area contributed by atoms with Gasteiger partial charge in [0.1, 0.15) is 5.82 Å². The van der Waals surface area contributed by atoms with Crippen LogP contribution in [0.2, 0.25) is 5.02 Å². The number of rotatable bonds is 1. The summed E-state index contributed by atoms with van der Waals surface area (Å²) in [6, 6.07) is 4.77. The quantitative estimate of drug-likeness (QED) is 0.817. The zero-order valence-corrected chi connectivity index (χ0v) is 9.76. The van der Waals surface area contributed by atoms with E-state index in [-0.39, 0.29) is 11.1 Å². The molecule has 3 nitrogen and oxygen atoms in total. The van der Waals surface area contributed by atoms with Gasteiger partial charge in [0.15, 0.2) is 0 Å². The summed E-state index contributed by atoms with van der Waals surface area (Å²) in [6.45, 7) is 0.870. The van der Waals surface area contributed by atoms with Crippen LogP contribution < -0.4 is 5.32 Å². The summed E-state index contributed by atoms with van der Waals surface area (Å²) >= 11 is 5.80. The van der Waals surface area contributed by atoms with E-state index in [0.717, 1.165) is 29.9 Å². The van der Waals surface area contributed by atoms with Gasteiger partial charge in [-0.05, 0) is 17.7 Å². The van der Waals surface area contributed by atoms with E-state index in [2.05, 4.69) is 15.3 Å². The monoisotopic (exact) mass is 251 g/mol. The Kier molecular flexibility index (Phi) is 2.61. The molecule has 1 aliphatic rings. The van der Waals surface area contributed by atoms with Crippen molar-refractivity contribution in [2.24, 2.45) is 0 Å². The molecular formula is C12H11ClFN3. The minimum Gasteiger partial charge on any atom is -0.348 e. The molecule has 5 heteroatoms. The molecule has 0 spiro atoms. The maximum absolute atomic E-state index is 13.1. The SMILES string of the molecule is Fc1ccc([C@@H]2NCCc3[nH]cnc32)cc1Cl. The second-order valence-corrected chi connectivity index (χ2v) is 4.48. The maximum Gasteiger partial charge on any atom is 0.141 e. The Labute approximate surface area is 103 Å². The third-order valence-corrected chi connectivity index (χ3v) is 3.32. The molecule has 0 bridgehead atoms. The van der Waals surface area contributed by atoms with Crippen molar-refractivity contribution in [1.29, 1.82) is 0 Å². The van der Waals surface area contributed by atoms with Gasteiger partial charge in [-0.25, -0.2) is 9.37 Å². The van der Waals surface area contributed by atoms with Gasteiger partial charge in [0.25, 0.3) is 0 Å². The van der Waals surface area contributed by atoms with Gasteiger partial charge in [-0.1, -0.05) is 17.7 Å². The van der Waals surface area contributed by atoms with Gasteiger partial charge in [0, 0.05) is 18.7 Å². The largest absolute Gasteiger partial charge is 0.348 e. The number of fused-ring (bicyclic) bond motifs is 1. The molecule has 1 aliphatic heterocycles. The van der Waals surface area contributed by atoms with Crippen molar-refractivity contribution >= 4 is 11.6 Å². The van der Waals surface area contributed by atoms with Crippen LogP contribution in [0.1, 0.15) is 23.0 Å². The van der Waals surface area contributed by atoms with Crippen LogP contribution in [0.3, 0.4) is 0 Å². The highest BCUT2D eigenvalue weighted by Gasteiger charge is 2.24. The molecule has 2 N–H and O–H groups in total. The smallest absolute Gasteiger partial charge is 0.141 e. The Morgan fingerprint density at radius 1 is 1.41 bits per heavy atom. The summed E-state index contributed by atoms with van der Waals surface area (Å²) < 4.78 is 13.1. The number of nitrogens with one attached hydrogen (secondary N) is 2. The number of hydrogen-bond donors (Lipinski definition) is 2. The molecular weight excluding hydrogens is 241 g/mol. The third kappa shape index (κ3) is 1.83. The Morgan fingerprint density at radius 3 is 3.12 bits per heavy atom. The van der Waals surface area contributed by atoms with Crippen molar-refractivity contribution in [3.05, 3.63) is 52.3 Å². The fourth-order valence-electron chi connectivity index (χ4n) is 2.19. The van der Waals surface area contributed by atoms with Crippen LogP contribution >= 0.6 is 11.6 Å². The van der Waals surface area contributed by atoms with Crippen LogP contribution in [0, 0.1) is 5.82 Å². The predicted molar refractivity (Wildman–Crippen MR) is 63.5 cm³/mol. The summed E-state index contributed by atoms with van der Waals surface area (Å²) in [6.07, 6.45) is 2.62. The number of halogens is 2. The van der Waals surface area contributed by atoms with E-state index in [1.807, 2.05) is 0 Å². The van der Waals surface area contributed by atoms with Gasteiger partial charge in [-0.15, -0.1) is 0 Å². The first-order chi connectivity index (χ1) is 8.25. The highest BCUT2D eigenvalue weighted by Crippen LogP contribution is 2.28. The molecule has 1 aromatic heterocycles. The average Bonchev–Trinajstić information content (AvgIpc) is 2.80.